The Bertz CT molecular complexity index is 607. The van der Waals surface area contributed by atoms with E-state index in [0.717, 1.165) is 45.4 Å². The molecule has 0 aliphatic carbocycles. The molecule has 0 spiro atoms. The van der Waals surface area contributed by atoms with Crippen molar-refractivity contribution in [2.75, 3.05) is 32.8 Å². The molecule has 152 valence electrons. The number of benzene rings is 1. The van der Waals surface area contributed by atoms with Gasteiger partial charge < -0.3 is 19.7 Å². The normalized spacial score (nSPS) is 15.7. The monoisotopic (exact) mass is 376 g/mol. The second-order valence-electron chi connectivity index (χ2n) is 8.51. The maximum absolute atomic E-state index is 12.9. The molecule has 1 aromatic carbocycles. The summed E-state index contributed by atoms with van der Waals surface area (Å²) in [5.41, 5.74) is 0.114. The summed E-state index contributed by atoms with van der Waals surface area (Å²) in [5.74, 6) is 0.696. The highest BCUT2D eigenvalue weighted by molar-refractivity contribution is 5.97. The summed E-state index contributed by atoms with van der Waals surface area (Å²) in [5, 5.41) is 3.28. The van der Waals surface area contributed by atoms with Crippen molar-refractivity contribution in [1.82, 2.24) is 10.2 Å². The van der Waals surface area contributed by atoms with Crippen LogP contribution in [0.5, 0.6) is 5.75 Å². The topological polar surface area (TPSA) is 50.8 Å². The number of rotatable bonds is 9. The van der Waals surface area contributed by atoms with E-state index in [9.17, 15) is 4.79 Å². The van der Waals surface area contributed by atoms with Gasteiger partial charge in [0.15, 0.2) is 0 Å². The number of carbonyl (C=O) groups is 1. The van der Waals surface area contributed by atoms with Gasteiger partial charge in [-0.05, 0) is 46.2 Å². The van der Waals surface area contributed by atoms with Gasteiger partial charge in [-0.2, -0.15) is 0 Å². The van der Waals surface area contributed by atoms with Crippen molar-refractivity contribution in [1.29, 1.82) is 0 Å². The number of nitrogens with zero attached hydrogens (tertiary/aromatic N) is 1. The Morgan fingerprint density at radius 2 is 1.74 bits per heavy atom. The predicted molar refractivity (Wildman–Crippen MR) is 109 cm³/mol. The zero-order valence-corrected chi connectivity index (χ0v) is 17.6. The Kier molecular flexibility index (Phi) is 7.68. The van der Waals surface area contributed by atoms with Crippen molar-refractivity contribution < 1.29 is 14.3 Å². The first-order valence-electron chi connectivity index (χ1n) is 10.2. The molecule has 0 unspecified atom stereocenters. The average molecular weight is 377 g/mol. The van der Waals surface area contributed by atoms with Gasteiger partial charge in [0.25, 0.3) is 5.91 Å². The number of hydrogen-bond donors (Lipinski definition) is 1. The smallest absolute Gasteiger partial charge is 0.257 e. The minimum Gasteiger partial charge on any atom is -0.487 e. The zero-order chi connectivity index (χ0) is 19.9. The first-order valence-corrected chi connectivity index (χ1v) is 10.2. The fraction of sp³-hybridized carbons (Fsp3) is 0.682. The molecule has 0 aromatic heterocycles. The van der Waals surface area contributed by atoms with Crippen LogP contribution >= 0.6 is 0 Å². The summed E-state index contributed by atoms with van der Waals surface area (Å²) < 4.78 is 12.3. The third-order valence-corrected chi connectivity index (χ3v) is 4.96. The second-order valence-corrected chi connectivity index (χ2v) is 8.51. The summed E-state index contributed by atoms with van der Waals surface area (Å²) in [4.78, 5) is 14.8. The average Bonchev–Trinajstić information content (AvgIpc) is 2.61. The standard InChI is InChI=1S/C22H36N2O3/c1-6-11-21(2,3)26-17-12-22(4,5)27-19-10-8-7-9-18(19)20(25)24-15-13-23-14-16-24/h7-10,23H,6,11-17H2,1-5H3. The van der Waals surface area contributed by atoms with Gasteiger partial charge in [-0.15, -0.1) is 0 Å². The van der Waals surface area contributed by atoms with Gasteiger partial charge in [-0.1, -0.05) is 25.5 Å². The van der Waals surface area contributed by atoms with Crippen molar-refractivity contribution in [3.63, 3.8) is 0 Å². The molecule has 0 atom stereocenters. The Morgan fingerprint density at radius 1 is 1.07 bits per heavy atom. The Labute approximate surface area is 164 Å². The van der Waals surface area contributed by atoms with Crippen LogP contribution in [0.25, 0.3) is 0 Å². The molecule has 1 aromatic rings. The molecule has 2 rings (SSSR count). The van der Waals surface area contributed by atoms with Gasteiger partial charge in [0, 0.05) is 32.6 Å². The van der Waals surface area contributed by atoms with E-state index in [4.69, 9.17) is 9.47 Å². The van der Waals surface area contributed by atoms with E-state index in [1.807, 2.05) is 29.2 Å². The van der Waals surface area contributed by atoms with Crippen LogP contribution in [0.1, 0.15) is 64.2 Å². The van der Waals surface area contributed by atoms with Crippen molar-refractivity contribution in [3.8, 4) is 5.75 Å². The van der Waals surface area contributed by atoms with E-state index in [1.54, 1.807) is 0 Å². The molecule has 1 saturated heterocycles. The van der Waals surface area contributed by atoms with Crippen LogP contribution in [0, 0.1) is 0 Å². The highest BCUT2D eigenvalue weighted by Crippen LogP contribution is 2.27. The van der Waals surface area contributed by atoms with E-state index in [1.165, 1.54) is 0 Å². The first kappa shape index (κ1) is 21.7. The summed E-state index contributed by atoms with van der Waals surface area (Å²) >= 11 is 0. The SMILES string of the molecule is CCCC(C)(C)OCCC(C)(C)Oc1ccccc1C(=O)N1CCNCC1. The number of nitrogens with one attached hydrogen (secondary N) is 1. The van der Waals surface area contributed by atoms with Crippen LogP contribution in [0.15, 0.2) is 24.3 Å². The Morgan fingerprint density at radius 3 is 2.41 bits per heavy atom. The molecule has 0 saturated carbocycles. The number of amides is 1. The molecule has 1 amide bonds. The van der Waals surface area contributed by atoms with E-state index >= 15 is 0 Å². The molecule has 1 aliphatic heterocycles. The van der Waals surface area contributed by atoms with E-state index in [2.05, 4.69) is 39.9 Å². The van der Waals surface area contributed by atoms with E-state index < -0.39 is 5.60 Å². The highest BCUT2D eigenvalue weighted by Gasteiger charge is 2.26. The molecule has 27 heavy (non-hydrogen) atoms. The number of carbonyl (C=O) groups excluding carboxylic acids is 1. The fourth-order valence-electron chi connectivity index (χ4n) is 3.37. The van der Waals surface area contributed by atoms with Crippen LogP contribution in [-0.4, -0.2) is 54.8 Å². The van der Waals surface area contributed by atoms with Gasteiger partial charge in [0.1, 0.15) is 11.4 Å². The number of piperazine rings is 1. The molecule has 1 aliphatic rings. The van der Waals surface area contributed by atoms with Gasteiger partial charge in [-0.3, -0.25) is 4.79 Å². The van der Waals surface area contributed by atoms with E-state index in [0.29, 0.717) is 17.9 Å². The molecule has 1 heterocycles. The summed E-state index contributed by atoms with van der Waals surface area (Å²) in [6.45, 7) is 14.3. The van der Waals surface area contributed by atoms with Crippen LogP contribution < -0.4 is 10.1 Å². The van der Waals surface area contributed by atoms with Crippen molar-refractivity contribution >= 4 is 5.91 Å². The predicted octanol–water partition coefficient (Wildman–Crippen LogP) is 3.87. The lowest BCUT2D eigenvalue weighted by molar-refractivity contribution is -0.0453. The third kappa shape index (κ3) is 6.82. The molecule has 0 bridgehead atoms. The lowest BCUT2D eigenvalue weighted by atomic mass is 10.0. The van der Waals surface area contributed by atoms with Crippen LogP contribution in [0.4, 0.5) is 0 Å². The quantitative estimate of drug-likeness (QED) is 0.711. The lowest BCUT2D eigenvalue weighted by Crippen LogP contribution is -2.46. The van der Waals surface area contributed by atoms with Crippen LogP contribution in [-0.2, 0) is 4.74 Å². The number of hydrogen-bond acceptors (Lipinski definition) is 4. The number of ether oxygens (including phenoxy) is 2. The molecular formula is C22H36N2O3. The maximum atomic E-state index is 12.9. The molecular weight excluding hydrogens is 340 g/mol. The Hall–Kier alpha value is -1.59. The van der Waals surface area contributed by atoms with Crippen molar-refractivity contribution in [3.05, 3.63) is 29.8 Å². The molecule has 1 fully saturated rings. The molecule has 5 nitrogen and oxygen atoms in total. The molecule has 1 N–H and O–H groups in total. The number of para-hydroxylation sites is 1. The fourth-order valence-corrected chi connectivity index (χ4v) is 3.37. The largest absolute Gasteiger partial charge is 0.487 e. The third-order valence-electron chi connectivity index (χ3n) is 4.96. The minimum atomic E-state index is -0.415. The van der Waals surface area contributed by atoms with Crippen LogP contribution in [0.2, 0.25) is 0 Å². The first-order chi connectivity index (χ1) is 12.7. The van der Waals surface area contributed by atoms with Gasteiger partial charge in [0.2, 0.25) is 0 Å². The lowest BCUT2D eigenvalue weighted by Gasteiger charge is -2.32. The summed E-state index contributed by atoms with van der Waals surface area (Å²) in [6, 6.07) is 7.56. The van der Waals surface area contributed by atoms with E-state index in [-0.39, 0.29) is 11.5 Å². The van der Waals surface area contributed by atoms with Gasteiger partial charge in [-0.25, -0.2) is 0 Å². The van der Waals surface area contributed by atoms with Gasteiger partial charge >= 0.3 is 0 Å². The highest BCUT2D eigenvalue weighted by atomic mass is 16.5. The second kappa shape index (κ2) is 9.56. The van der Waals surface area contributed by atoms with Crippen molar-refractivity contribution in [2.45, 2.75) is 65.1 Å². The van der Waals surface area contributed by atoms with Crippen molar-refractivity contribution in [2.24, 2.45) is 0 Å². The maximum Gasteiger partial charge on any atom is 0.257 e. The summed E-state index contributed by atoms with van der Waals surface area (Å²) in [7, 11) is 0. The van der Waals surface area contributed by atoms with Crippen LogP contribution in [0.3, 0.4) is 0 Å². The van der Waals surface area contributed by atoms with Gasteiger partial charge in [0.05, 0.1) is 17.8 Å². The zero-order valence-electron chi connectivity index (χ0n) is 17.6. The molecule has 5 heteroatoms. The molecule has 0 radical (unpaired) electrons. The minimum absolute atomic E-state index is 0.0447. The summed E-state index contributed by atoms with van der Waals surface area (Å²) in [6.07, 6.45) is 2.90. The Balaban J connectivity index is 2.00.